The summed E-state index contributed by atoms with van der Waals surface area (Å²) in [7, 11) is -1.12. The van der Waals surface area contributed by atoms with Gasteiger partial charge >= 0.3 is 7.87 Å². The van der Waals surface area contributed by atoms with Crippen molar-refractivity contribution in [1.29, 1.82) is 0 Å². The molecule has 0 aromatic heterocycles. The van der Waals surface area contributed by atoms with Crippen molar-refractivity contribution in [2.24, 2.45) is 4.76 Å². The zero-order valence-corrected chi connectivity index (χ0v) is 12.7. The molecule has 0 spiro atoms. The highest BCUT2D eigenvalue weighted by Gasteiger charge is 2.30. The van der Waals surface area contributed by atoms with E-state index in [1.165, 1.54) is 19.5 Å². The van der Waals surface area contributed by atoms with Crippen molar-refractivity contribution >= 4 is 13.8 Å². The van der Waals surface area contributed by atoms with E-state index in [0.29, 0.717) is 0 Å². The van der Waals surface area contributed by atoms with Gasteiger partial charge in [-0.15, -0.1) is 0 Å². The summed E-state index contributed by atoms with van der Waals surface area (Å²) in [5.41, 5.74) is 0. The highest BCUT2D eigenvalue weighted by molar-refractivity contribution is 7.62. The normalized spacial score (nSPS) is 17.4. The molecule has 5 nitrogen and oxygen atoms in total. The molecule has 1 saturated heterocycles. The first-order valence-electron chi connectivity index (χ1n) is 6.82. The van der Waals surface area contributed by atoms with Gasteiger partial charge in [0.2, 0.25) is 5.96 Å². The Morgan fingerprint density at radius 3 is 2.39 bits per heavy atom. The number of likely N-dealkylation sites (tertiary alicyclic amines) is 1. The molecule has 0 bridgehead atoms. The van der Waals surface area contributed by atoms with Crippen LogP contribution in [0.1, 0.15) is 39.0 Å². The van der Waals surface area contributed by atoms with Gasteiger partial charge in [-0.1, -0.05) is 19.8 Å². The van der Waals surface area contributed by atoms with Gasteiger partial charge in [0.25, 0.3) is 0 Å². The molecule has 1 aliphatic rings. The van der Waals surface area contributed by atoms with Crippen LogP contribution in [0.5, 0.6) is 0 Å². The molecule has 1 fully saturated rings. The first kappa shape index (κ1) is 15.7. The van der Waals surface area contributed by atoms with E-state index in [-0.39, 0.29) is 0 Å². The summed E-state index contributed by atoms with van der Waals surface area (Å²) >= 11 is 0. The summed E-state index contributed by atoms with van der Waals surface area (Å²) in [5.74, 6) is 0.754. The van der Waals surface area contributed by atoms with Crippen LogP contribution in [-0.4, -0.2) is 58.9 Å². The van der Waals surface area contributed by atoms with Crippen molar-refractivity contribution < 1.29 is 9.79 Å². The van der Waals surface area contributed by atoms with Gasteiger partial charge < -0.3 is 9.80 Å². The van der Waals surface area contributed by atoms with Crippen molar-refractivity contribution in [2.75, 3.05) is 33.3 Å². The molecular formula is C12H27N3O2P+. The minimum atomic E-state index is -3.11. The van der Waals surface area contributed by atoms with Gasteiger partial charge in [0, 0.05) is 26.7 Å². The molecule has 1 rings (SSSR count). The van der Waals surface area contributed by atoms with Crippen LogP contribution in [0.25, 0.3) is 0 Å². The lowest BCUT2D eigenvalue weighted by Crippen LogP contribution is -2.41. The molecule has 18 heavy (non-hydrogen) atoms. The third-order valence-electron chi connectivity index (χ3n) is 3.11. The number of guanidine groups is 1. The Morgan fingerprint density at radius 1 is 1.28 bits per heavy atom. The number of hydrogen-bond donors (Lipinski definition) is 2. The van der Waals surface area contributed by atoms with E-state index in [9.17, 15) is 9.79 Å². The quantitative estimate of drug-likeness (QED) is 0.349. The van der Waals surface area contributed by atoms with Gasteiger partial charge in [0.1, 0.15) is 6.66 Å². The summed E-state index contributed by atoms with van der Waals surface area (Å²) < 4.78 is 4.16. The number of nitrogens with zero attached hydrogens (tertiary/aromatic N) is 3. The van der Waals surface area contributed by atoms with Crippen LogP contribution in [0.2, 0.25) is 0 Å². The molecule has 0 unspecified atom stereocenters. The molecule has 0 radical (unpaired) electrons. The van der Waals surface area contributed by atoms with E-state index >= 15 is 0 Å². The van der Waals surface area contributed by atoms with Crippen LogP contribution >= 0.6 is 7.87 Å². The van der Waals surface area contributed by atoms with E-state index in [0.717, 1.165) is 44.9 Å². The largest absolute Gasteiger partial charge is 0.389 e. The van der Waals surface area contributed by atoms with Crippen molar-refractivity contribution in [3.05, 3.63) is 0 Å². The molecule has 1 heterocycles. The maximum atomic E-state index is 9.59. The van der Waals surface area contributed by atoms with Gasteiger partial charge in [0.05, 0.1) is 0 Å². The Kier molecular flexibility index (Phi) is 6.33. The van der Waals surface area contributed by atoms with Gasteiger partial charge in [0.15, 0.2) is 0 Å². The first-order valence-corrected chi connectivity index (χ1v) is 8.92. The number of unbranched alkanes of at least 4 members (excludes halogenated alkanes) is 2. The number of hydrogen-bond acceptors (Lipinski definition) is 3. The molecule has 1 aliphatic heterocycles. The van der Waals surface area contributed by atoms with Crippen molar-refractivity contribution in [3.63, 3.8) is 0 Å². The topological polar surface area (TPSA) is 59.3 Å². The zero-order chi connectivity index (χ0) is 13.6. The van der Waals surface area contributed by atoms with E-state index in [4.69, 9.17) is 0 Å². The van der Waals surface area contributed by atoms with Crippen LogP contribution in [0, 0.1) is 0 Å². The monoisotopic (exact) mass is 276 g/mol. The van der Waals surface area contributed by atoms with E-state index in [1.54, 1.807) is 0 Å². The molecule has 6 heteroatoms. The van der Waals surface area contributed by atoms with E-state index in [2.05, 4.69) is 21.5 Å². The van der Waals surface area contributed by atoms with Crippen LogP contribution in [0.4, 0.5) is 0 Å². The average Bonchev–Trinajstić information content (AvgIpc) is 2.78. The smallest absolute Gasteiger partial charge is 0.343 e. The Labute approximate surface area is 111 Å². The molecule has 0 aromatic carbocycles. The van der Waals surface area contributed by atoms with Crippen LogP contribution in [0.15, 0.2) is 4.76 Å². The summed E-state index contributed by atoms with van der Waals surface area (Å²) in [5, 5.41) is 0. The van der Waals surface area contributed by atoms with E-state index < -0.39 is 7.87 Å². The first-order chi connectivity index (χ1) is 8.44. The Balaban J connectivity index is 2.67. The highest BCUT2D eigenvalue weighted by Crippen LogP contribution is 2.47. The second kappa shape index (κ2) is 7.27. The lowest BCUT2D eigenvalue weighted by molar-refractivity contribution is 0.379. The fourth-order valence-corrected chi connectivity index (χ4v) is 2.78. The maximum absolute atomic E-state index is 9.59. The Hall–Kier alpha value is -0.380. The van der Waals surface area contributed by atoms with Gasteiger partial charge in [-0.25, -0.2) is 0 Å². The highest BCUT2D eigenvalue weighted by atomic mass is 31.2. The summed E-state index contributed by atoms with van der Waals surface area (Å²) in [6, 6.07) is 0. The zero-order valence-electron chi connectivity index (χ0n) is 11.8. The molecular weight excluding hydrogens is 249 g/mol. The summed E-state index contributed by atoms with van der Waals surface area (Å²) in [4.78, 5) is 23.4. The lowest BCUT2D eigenvalue weighted by Gasteiger charge is -2.28. The van der Waals surface area contributed by atoms with Crippen molar-refractivity contribution in [2.45, 2.75) is 39.0 Å². The SMILES string of the molecule is CCCCCN(C)C(=N[P+](C)(O)O)N1CCCC1. The fourth-order valence-electron chi connectivity index (χ4n) is 2.17. The van der Waals surface area contributed by atoms with E-state index in [1.807, 2.05) is 7.05 Å². The molecule has 0 aromatic rings. The number of rotatable bonds is 5. The fraction of sp³-hybridized carbons (Fsp3) is 0.917. The third-order valence-corrected chi connectivity index (χ3v) is 3.66. The summed E-state index contributed by atoms with van der Waals surface area (Å²) in [6.45, 7) is 6.44. The minimum Gasteiger partial charge on any atom is -0.343 e. The predicted molar refractivity (Wildman–Crippen MR) is 77.7 cm³/mol. The molecule has 0 atom stereocenters. The van der Waals surface area contributed by atoms with Crippen LogP contribution in [-0.2, 0) is 0 Å². The van der Waals surface area contributed by atoms with Gasteiger partial charge in [-0.2, -0.15) is 9.79 Å². The second-order valence-electron chi connectivity index (χ2n) is 5.09. The predicted octanol–water partition coefficient (Wildman–Crippen LogP) is 1.94. The molecule has 0 aliphatic carbocycles. The van der Waals surface area contributed by atoms with Gasteiger partial charge in [-0.3, -0.25) is 0 Å². The molecule has 2 N–H and O–H groups in total. The average molecular weight is 276 g/mol. The minimum absolute atomic E-state index is 0.754. The van der Waals surface area contributed by atoms with Crippen molar-refractivity contribution in [3.8, 4) is 0 Å². The van der Waals surface area contributed by atoms with Crippen LogP contribution < -0.4 is 0 Å². The Bertz CT molecular complexity index is 273. The third kappa shape index (κ3) is 5.51. The molecule has 0 amide bonds. The lowest BCUT2D eigenvalue weighted by atomic mass is 10.2. The van der Waals surface area contributed by atoms with Crippen molar-refractivity contribution in [1.82, 2.24) is 9.80 Å². The Morgan fingerprint density at radius 2 is 1.89 bits per heavy atom. The standard InChI is InChI=1S/C12H27N3O2P/c1-4-5-6-9-14(2)12(13-18(3,16)17)15-10-7-8-11-15/h16-17H,4-11H2,1-3H3/q+1. The molecule has 0 saturated carbocycles. The summed E-state index contributed by atoms with van der Waals surface area (Å²) in [6.07, 6.45) is 5.82. The maximum Gasteiger partial charge on any atom is 0.389 e. The van der Waals surface area contributed by atoms with Crippen LogP contribution in [0.3, 0.4) is 0 Å². The second-order valence-corrected chi connectivity index (χ2v) is 7.03. The molecule has 106 valence electrons. The van der Waals surface area contributed by atoms with Gasteiger partial charge in [-0.05, 0) is 24.0 Å².